The Morgan fingerprint density at radius 1 is 0.940 bits per heavy atom. The van der Waals surface area contributed by atoms with E-state index in [2.05, 4.69) is 20.9 Å². The zero-order chi connectivity index (χ0) is 47.0. The summed E-state index contributed by atoms with van der Waals surface area (Å²) in [6.45, 7) is 3.47. The summed E-state index contributed by atoms with van der Waals surface area (Å²) in [5.74, 6) is -1.22. The van der Waals surface area contributed by atoms with E-state index in [-0.39, 0.29) is 106 Å². The highest BCUT2D eigenvalue weighted by Crippen LogP contribution is 2.40. The molecule has 356 valence electrons. The van der Waals surface area contributed by atoms with Gasteiger partial charge in [0.25, 0.3) is 11.8 Å². The molecule has 6 heterocycles. The van der Waals surface area contributed by atoms with E-state index >= 15 is 0 Å². The number of hydrogen-bond donors (Lipinski definition) is 3. The summed E-state index contributed by atoms with van der Waals surface area (Å²) < 4.78 is 29.2. The molecule has 0 radical (unpaired) electrons. The summed E-state index contributed by atoms with van der Waals surface area (Å²) in [4.78, 5) is 104. The number of ether oxygens (including phenoxy) is 5. The molecule has 0 saturated carbocycles. The largest absolute Gasteiger partial charge is 0.490 e. The van der Waals surface area contributed by atoms with Gasteiger partial charge in [-0.2, -0.15) is 4.98 Å². The second kappa shape index (κ2) is 21.5. The van der Waals surface area contributed by atoms with Crippen LogP contribution in [0.4, 0.5) is 23.1 Å². The first-order valence-electron chi connectivity index (χ1n) is 22.3. The third-order valence-electron chi connectivity index (χ3n) is 12.0. The molecule has 2 saturated heterocycles. The van der Waals surface area contributed by atoms with E-state index in [4.69, 9.17) is 40.3 Å². The molecule has 7 amide bonds. The Labute approximate surface area is 390 Å². The van der Waals surface area contributed by atoms with Crippen LogP contribution in [-0.2, 0) is 44.6 Å². The molecule has 22 heteroatoms. The number of piperazine rings is 1. The highest BCUT2D eigenvalue weighted by atomic mass is 35.5. The number of piperidine rings is 1. The van der Waals surface area contributed by atoms with E-state index in [0.29, 0.717) is 86.9 Å². The minimum absolute atomic E-state index is 0.00882. The molecule has 2 aromatic carbocycles. The molecule has 2 unspecified atom stereocenters. The lowest BCUT2D eigenvalue weighted by molar-refractivity contribution is -0.136. The predicted molar refractivity (Wildman–Crippen MR) is 240 cm³/mol. The van der Waals surface area contributed by atoms with Crippen LogP contribution in [0.1, 0.15) is 64.8 Å². The second-order valence-corrected chi connectivity index (χ2v) is 16.8. The topological polar surface area (TPSA) is 240 Å². The number of nitrogens with zero attached hydrogens (tertiary/aromatic N) is 6. The Hall–Kier alpha value is -6.42. The van der Waals surface area contributed by atoms with E-state index in [9.17, 15) is 33.6 Å². The molecule has 2 fully saturated rings. The van der Waals surface area contributed by atoms with Crippen molar-refractivity contribution in [2.45, 2.75) is 57.0 Å². The monoisotopic (exact) mass is 945 g/mol. The maximum atomic E-state index is 13.4. The molecular formula is C45H52ClN9O12. The minimum atomic E-state index is -1.07. The molecule has 2 atom stereocenters. The number of benzene rings is 2. The molecule has 3 N–H and O–H groups in total. The SMILES string of the molecule is CN1C(=O)CCc2cc3cc(c21)OCCOCC1CN(C(=O)CCC(=O)NCCCOCCOCCOc2cccc4c2C(=O)N(C2CCC(=O)NC2=O)C4=O)CCN1c1ncc(Cl)c(n1)N3. The molecule has 8 rings (SSSR count). The van der Waals surface area contributed by atoms with E-state index in [1.165, 1.54) is 12.3 Å². The van der Waals surface area contributed by atoms with Gasteiger partial charge >= 0.3 is 0 Å². The number of nitrogens with one attached hydrogen (secondary N) is 3. The van der Waals surface area contributed by atoms with Crippen molar-refractivity contribution in [1.82, 2.24) is 30.4 Å². The number of aromatic nitrogens is 2. The molecule has 3 aromatic rings. The van der Waals surface area contributed by atoms with Crippen molar-refractivity contribution in [1.29, 1.82) is 0 Å². The molecule has 0 spiro atoms. The number of imide groups is 2. The maximum Gasteiger partial charge on any atom is 0.266 e. The summed E-state index contributed by atoms with van der Waals surface area (Å²) in [6.07, 6.45) is 3.21. The Bertz CT molecular complexity index is 2420. The number of fused-ring (bicyclic) bond motifs is 9. The van der Waals surface area contributed by atoms with Crippen molar-refractivity contribution < 1.29 is 57.2 Å². The van der Waals surface area contributed by atoms with Crippen molar-refractivity contribution in [3.63, 3.8) is 0 Å². The van der Waals surface area contributed by atoms with Crippen LogP contribution in [0.3, 0.4) is 0 Å². The second-order valence-electron chi connectivity index (χ2n) is 16.4. The summed E-state index contributed by atoms with van der Waals surface area (Å²) in [5, 5.41) is 8.65. The average molecular weight is 946 g/mol. The van der Waals surface area contributed by atoms with E-state index in [1.54, 1.807) is 29.0 Å². The Kier molecular flexibility index (Phi) is 15.1. The van der Waals surface area contributed by atoms with Gasteiger partial charge in [0.05, 0.1) is 62.1 Å². The van der Waals surface area contributed by atoms with Crippen molar-refractivity contribution in [3.05, 3.63) is 58.2 Å². The summed E-state index contributed by atoms with van der Waals surface area (Å²) in [7, 11) is 1.74. The standard InChI is InChI=1S/C45H52ClN9O12/c1-52-37(58)10-6-27-22-28-23-34(40(27)52)67-21-19-65-26-29-25-53(13-14-54(29)45-48-24-31(46)41(49-28)51-45)38(59)11-9-35(56)47-12-3-15-63-16-17-64-18-20-66-33-5-2-4-30-39(33)44(62)55(43(30)61)32-7-8-36(57)50-42(32)60/h2,4-5,22-24,29,32H,3,6-21,25-26H2,1H3,(H,47,56)(H,48,49,51)(H,50,57,60). The lowest BCUT2D eigenvalue weighted by Crippen LogP contribution is -2.57. The van der Waals surface area contributed by atoms with Gasteiger partial charge < -0.3 is 49.0 Å². The van der Waals surface area contributed by atoms with Crippen molar-refractivity contribution >= 4 is 76.1 Å². The van der Waals surface area contributed by atoms with Crippen molar-refractivity contribution in [2.75, 3.05) is 101 Å². The fourth-order valence-electron chi connectivity index (χ4n) is 8.60. The summed E-state index contributed by atoms with van der Waals surface area (Å²) in [6, 6.07) is 7.07. The Morgan fingerprint density at radius 3 is 2.60 bits per heavy atom. The first kappa shape index (κ1) is 47.1. The number of halogens is 1. The Balaban J connectivity index is 0.718. The number of hydrogen-bond acceptors (Lipinski definition) is 16. The molecule has 4 bridgehead atoms. The van der Waals surface area contributed by atoms with Crippen LogP contribution >= 0.6 is 11.6 Å². The lowest BCUT2D eigenvalue weighted by Gasteiger charge is -2.41. The smallest absolute Gasteiger partial charge is 0.266 e. The first-order chi connectivity index (χ1) is 32.5. The number of aryl methyl sites for hydroxylation is 1. The van der Waals surface area contributed by atoms with Gasteiger partial charge in [-0.3, -0.25) is 43.8 Å². The van der Waals surface area contributed by atoms with Gasteiger partial charge in [0.15, 0.2) is 5.82 Å². The molecule has 21 nitrogen and oxygen atoms in total. The highest BCUT2D eigenvalue weighted by molar-refractivity contribution is 6.33. The van der Waals surface area contributed by atoms with E-state index < -0.39 is 29.7 Å². The maximum absolute atomic E-state index is 13.4. The van der Waals surface area contributed by atoms with Crippen molar-refractivity contribution in [2.24, 2.45) is 0 Å². The van der Waals surface area contributed by atoms with Crippen LogP contribution in [0.5, 0.6) is 11.5 Å². The average Bonchev–Trinajstić information content (AvgIpc) is 3.57. The number of amides is 7. The van der Waals surface area contributed by atoms with Gasteiger partial charge in [0, 0.05) is 77.3 Å². The first-order valence-corrected chi connectivity index (χ1v) is 22.7. The molecule has 1 aromatic heterocycles. The van der Waals surface area contributed by atoms with Crippen LogP contribution in [0.2, 0.25) is 5.02 Å². The predicted octanol–water partition coefficient (Wildman–Crippen LogP) is 2.01. The van der Waals surface area contributed by atoms with Crippen LogP contribution in [0.25, 0.3) is 0 Å². The molecular weight excluding hydrogens is 894 g/mol. The molecule has 5 aliphatic rings. The zero-order valence-electron chi connectivity index (χ0n) is 37.0. The molecule has 67 heavy (non-hydrogen) atoms. The summed E-state index contributed by atoms with van der Waals surface area (Å²) >= 11 is 6.57. The van der Waals surface area contributed by atoms with Gasteiger partial charge in [0.2, 0.25) is 35.5 Å². The van der Waals surface area contributed by atoms with Gasteiger partial charge in [-0.05, 0) is 43.0 Å². The van der Waals surface area contributed by atoms with Crippen LogP contribution in [0.15, 0.2) is 36.5 Å². The van der Waals surface area contributed by atoms with Gasteiger partial charge in [0.1, 0.15) is 35.8 Å². The third kappa shape index (κ3) is 10.9. The Morgan fingerprint density at radius 2 is 1.76 bits per heavy atom. The number of anilines is 4. The zero-order valence-corrected chi connectivity index (χ0v) is 37.8. The van der Waals surface area contributed by atoms with Gasteiger partial charge in [-0.15, -0.1) is 0 Å². The van der Waals surface area contributed by atoms with Crippen LogP contribution in [0, 0.1) is 0 Å². The van der Waals surface area contributed by atoms with Crippen molar-refractivity contribution in [3.8, 4) is 11.5 Å². The molecule has 5 aliphatic heterocycles. The lowest BCUT2D eigenvalue weighted by atomic mass is 10.00. The van der Waals surface area contributed by atoms with Crippen LogP contribution < -0.4 is 35.2 Å². The minimum Gasteiger partial charge on any atom is -0.490 e. The summed E-state index contributed by atoms with van der Waals surface area (Å²) in [5.41, 5.74) is 2.59. The van der Waals surface area contributed by atoms with E-state index in [1.807, 2.05) is 17.0 Å². The number of rotatable bonds is 15. The van der Waals surface area contributed by atoms with Gasteiger partial charge in [-0.25, -0.2) is 4.98 Å². The van der Waals surface area contributed by atoms with Gasteiger partial charge in [-0.1, -0.05) is 17.7 Å². The molecule has 0 aliphatic carbocycles. The van der Waals surface area contributed by atoms with E-state index in [0.717, 1.165) is 16.2 Å². The highest BCUT2D eigenvalue weighted by Gasteiger charge is 2.46. The quantitative estimate of drug-likeness (QED) is 0.146. The number of carbonyl (C=O) groups is 7. The fraction of sp³-hybridized carbons (Fsp3) is 0.489. The fourth-order valence-corrected chi connectivity index (χ4v) is 8.74. The number of carbonyl (C=O) groups excluding carboxylic acids is 7. The third-order valence-corrected chi connectivity index (χ3v) is 12.3. The normalized spacial score (nSPS) is 19.4. The van der Waals surface area contributed by atoms with Crippen LogP contribution in [-0.4, -0.2) is 159 Å².